The molecule has 3 aromatic rings. The zero-order valence-electron chi connectivity index (χ0n) is 10.8. The number of rotatable bonds is 1. The molecule has 0 aliphatic rings. The molecule has 1 aromatic carbocycles. The van der Waals surface area contributed by atoms with E-state index in [0.29, 0.717) is 11.1 Å². The molecule has 0 radical (unpaired) electrons. The predicted molar refractivity (Wildman–Crippen MR) is 75.9 cm³/mol. The fourth-order valence-corrected chi connectivity index (χ4v) is 2.31. The van der Waals surface area contributed by atoms with Gasteiger partial charge in [-0.15, -0.1) is 0 Å². The molecule has 2 heterocycles. The molecule has 21 heavy (non-hydrogen) atoms. The van der Waals surface area contributed by atoms with Gasteiger partial charge in [0.05, 0.1) is 11.9 Å². The summed E-state index contributed by atoms with van der Waals surface area (Å²) in [5.74, 6) is 0. The highest BCUT2D eigenvalue weighted by Crippen LogP contribution is 2.32. The molecule has 0 aliphatic carbocycles. The Labute approximate surface area is 126 Å². The van der Waals surface area contributed by atoms with Gasteiger partial charge in [-0.3, -0.25) is 0 Å². The Morgan fingerprint density at radius 3 is 2.43 bits per heavy atom. The van der Waals surface area contributed by atoms with Crippen LogP contribution < -0.4 is 0 Å². The third kappa shape index (κ3) is 2.53. The average molecular weight is 356 g/mol. The summed E-state index contributed by atoms with van der Waals surface area (Å²) in [6.07, 6.45) is -3.12. The van der Waals surface area contributed by atoms with Gasteiger partial charge in [-0.1, -0.05) is 28.1 Å². The van der Waals surface area contributed by atoms with Gasteiger partial charge in [-0.05, 0) is 25.1 Å². The van der Waals surface area contributed by atoms with E-state index in [4.69, 9.17) is 0 Å². The average Bonchev–Trinajstić information content (AvgIpc) is 2.79. The smallest absolute Gasteiger partial charge is 0.228 e. The van der Waals surface area contributed by atoms with Crippen LogP contribution in [-0.2, 0) is 6.18 Å². The summed E-state index contributed by atoms with van der Waals surface area (Å²) in [5.41, 5.74) is 0.860. The van der Waals surface area contributed by atoms with Crippen molar-refractivity contribution in [3.8, 4) is 11.3 Å². The first-order valence-corrected chi connectivity index (χ1v) is 6.84. The van der Waals surface area contributed by atoms with Gasteiger partial charge in [-0.25, -0.2) is 9.50 Å². The van der Waals surface area contributed by atoms with Gasteiger partial charge in [0.15, 0.2) is 11.3 Å². The van der Waals surface area contributed by atoms with Crippen LogP contribution in [0, 0.1) is 6.92 Å². The number of aromatic nitrogens is 3. The molecule has 0 spiro atoms. The first kappa shape index (κ1) is 14.1. The van der Waals surface area contributed by atoms with Crippen LogP contribution in [0.3, 0.4) is 0 Å². The van der Waals surface area contributed by atoms with Gasteiger partial charge >= 0.3 is 6.18 Å². The van der Waals surface area contributed by atoms with E-state index in [1.54, 1.807) is 31.2 Å². The van der Waals surface area contributed by atoms with Crippen molar-refractivity contribution in [3.63, 3.8) is 0 Å². The van der Waals surface area contributed by atoms with Crippen molar-refractivity contribution in [3.05, 3.63) is 52.3 Å². The maximum atomic E-state index is 13.2. The van der Waals surface area contributed by atoms with Crippen LogP contribution in [-0.4, -0.2) is 14.6 Å². The van der Waals surface area contributed by atoms with Crippen molar-refractivity contribution in [2.75, 3.05) is 0 Å². The number of hydrogen-bond donors (Lipinski definition) is 0. The zero-order valence-corrected chi connectivity index (χ0v) is 12.4. The molecular formula is C14H9BrF3N3. The number of fused-ring (bicyclic) bond motifs is 1. The minimum atomic E-state index is -4.50. The summed E-state index contributed by atoms with van der Waals surface area (Å²) in [5, 5.41) is 3.76. The first-order valence-electron chi connectivity index (χ1n) is 6.05. The summed E-state index contributed by atoms with van der Waals surface area (Å²) in [4.78, 5) is 4.29. The lowest BCUT2D eigenvalue weighted by Gasteiger charge is -2.11. The number of aryl methyl sites for hydroxylation is 1. The standard InChI is InChI=1S/C14H9BrF3N3/c1-8-7-19-21-12(14(16,17)18)6-11(20-13(8)21)9-2-4-10(15)5-3-9/h2-7H,1H3. The van der Waals surface area contributed by atoms with E-state index in [1.165, 1.54) is 6.20 Å². The van der Waals surface area contributed by atoms with Crippen LogP contribution in [0.25, 0.3) is 16.9 Å². The minimum absolute atomic E-state index is 0.211. The highest BCUT2D eigenvalue weighted by molar-refractivity contribution is 9.10. The first-order chi connectivity index (χ1) is 9.86. The summed E-state index contributed by atoms with van der Waals surface area (Å²) in [6.45, 7) is 1.68. The maximum absolute atomic E-state index is 13.2. The molecule has 2 aromatic heterocycles. The van der Waals surface area contributed by atoms with Crippen molar-refractivity contribution in [2.45, 2.75) is 13.1 Å². The molecule has 0 N–H and O–H groups in total. The molecule has 0 aliphatic heterocycles. The Kier molecular flexibility index (Phi) is 3.24. The number of hydrogen-bond acceptors (Lipinski definition) is 2. The van der Waals surface area contributed by atoms with Gasteiger partial charge < -0.3 is 0 Å². The van der Waals surface area contributed by atoms with E-state index in [-0.39, 0.29) is 11.3 Å². The molecule has 0 atom stereocenters. The lowest BCUT2D eigenvalue weighted by atomic mass is 10.1. The van der Waals surface area contributed by atoms with E-state index in [9.17, 15) is 13.2 Å². The van der Waals surface area contributed by atoms with Gasteiger partial charge in [0.1, 0.15) is 0 Å². The molecule has 0 saturated heterocycles. The second-order valence-electron chi connectivity index (χ2n) is 4.59. The van der Waals surface area contributed by atoms with Crippen molar-refractivity contribution >= 4 is 21.6 Å². The van der Waals surface area contributed by atoms with Crippen molar-refractivity contribution in [2.24, 2.45) is 0 Å². The summed E-state index contributed by atoms with van der Waals surface area (Å²) >= 11 is 3.29. The van der Waals surface area contributed by atoms with Crippen LogP contribution in [0.4, 0.5) is 13.2 Å². The van der Waals surface area contributed by atoms with Gasteiger partial charge in [0.25, 0.3) is 0 Å². The summed E-state index contributed by atoms with van der Waals surface area (Å²) in [6, 6.07) is 7.97. The van der Waals surface area contributed by atoms with Gasteiger partial charge in [0, 0.05) is 15.6 Å². The monoisotopic (exact) mass is 355 g/mol. The van der Waals surface area contributed by atoms with Crippen molar-refractivity contribution in [1.29, 1.82) is 0 Å². The lowest BCUT2D eigenvalue weighted by molar-refractivity contribution is -0.142. The van der Waals surface area contributed by atoms with Crippen molar-refractivity contribution < 1.29 is 13.2 Å². The number of alkyl halides is 3. The molecule has 108 valence electrons. The maximum Gasteiger partial charge on any atom is 0.433 e. The van der Waals surface area contributed by atoms with Crippen LogP contribution >= 0.6 is 15.9 Å². The molecule has 7 heteroatoms. The Bertz CT molecular complexity index is 807. The third-order valence-electron chi connectivity index (χ3n) is 3.08. The minimum Gasteiger partial charge on any atom is -0.228 e. The Hall–Kier alpha value is -1.89. The summed E-state index contributed by atoms with van der Waals surface area (Å²) < 4.78 is 41.3. The Morgan fingerprint density at radius 2 is 1.81 bits per heavy atom. The SMILES string of the molecule is Cc1cnn2c(C(F)(F)F)cc(-c3ccc(Br)cc3)nc12. The second kappa shape index (κ2) is 4.84. The van der Waals surface area contributed by atoms with E-state index in [1.807, 2.05) is 0 Å². The largest absolute Gasteiger partial charge is 0.433 e. The molecule has 0 fully saturated rings. The van der Waals surface area contributed by atoms with E-state index >= 15 is 0 Å². The highest BCUT2D eigenvalue weighted by atomic mass is 79.9. The topological polar surface area (TPSA) is 30.2 Å². The number of benzene rings is 1. The van der Waals surface area contributed by atoms with Crippen molar-refractivity contribution in [1.82, 2.24) is 14.6 Å². The molecule has 0 amide bonds. The van der Waals surface area contributed by atoms with Gasteiger partial charge in [-0.2, -0.15) is 18.3 Å². The third-order valence-corrected chi connectivity index (χ3v) is 3.61. The van der Waals surface area contributed by atoms with Crippen LogP contribution in [0.5, 0.6) is 0 Å². The molecule has 0 saturated carbocycles. The molecule has 0 unspecified atom stereocenters. The fourth-order valence-electron chi connectivity index (χ4n) is 2.04. The lowest BCUT2D eigenvalue weighted by Crippen LogP contribution is -2.13. The van der Waals surface area contributed by atoms with Crippen LogP contribution in [0.1, 0.15) is 11.3 Å². The molecular weight excluding hydrogens is 347 g/mol. The van der Waals surface area contributed by atoms with E-state index in [2.05, 4.69) is 26.0 Å². The molecule has 3 nitrogen and oxygen atoms in total. The quantitative estimate of drug-likeness (QED) is 0.643. The van der Waals surface area contributed by atoms with Crippen LogP contribution in [0.15, 0.2) is 41.0 Å². The second-order valence-corrected chi connectivity index (χ2v) is 5.51. The van der Waals surface area contributed by atoms with E-state index < -0.39 is 11.9 Å². The predicted octanol–water partition coefficient (Wildman–Crippen LogP) is 4.49. The fraction of sp³-hybridized carbons (Fsp3) is 0.143. The van der Waals surface area contributed by atoms with Gasteiger partial charge in [0.2, 0.25) is 0 Å². The highest BCUT2D eigenvalue weighted by Gasteiger charge is 2.35. The zero-order chi connectivity index (χ0) is 15.2. The molecule has 3 rings (SSSR count). The van der Waals surface area contributed by atoms with Crippen LogP contribution in [0.2, 0.25) is 0 Å². The molecule has 0 bridgehead atoms. The summed E-state index contributed by atoms with van der Waals surface area (Å²) in [7, 11) is 0. The van der Waals surface area contributed by atoms with E-state index in [0.717, 1.165) is 15.1 Å². The normalized spacial score (nSPS) is 12.0. The Morgan fingerprint density at radius 1 is 1.14 bits per heavy atom. The number of halogens is 4. The Balaban J connectivity index is 2.29. The number of nitrogens with zero attached hydrogens (tertiary/aromatic N) is 3.